The number of aldehydes is 1. The summed E-state index contributed by atoms with van der Waals surface area (Å²) in [4.78, 5) is 25.7. The highest BCUT2D eigenvalue weighted by Crippen LogP contribution is 2.35. The van der Waals surface area contributed by atoms with Gasteiger partial charge < -0.3 is 5.11 Å². The van der Waals surface area contributed by atoms with E-state index < -0.39 is 34.7 Å². The highest BCUT2D eigenvalue weighted by molar-refractivity contribution is 5.96. The molecular weight excluding hydrogens is 317 g/mol. The third-order valence-electron chi connectivity index (χ3n) is 3.21. The predicted octanol–water partition coefficient (Wildman–Crippen LogP) is 2.25. The molecule has 0 aliphatic rings. The number of halogens is 3. The Balaban J connectivity index is 2.43. The molecule has 0 radical (unpaired) electrons. The maximum atomic E-state index is 13.3. The van der Waals surface area contributed by atoms with E-state index in [1.54, 1.807) is 0 Å². The number of carboxylic acid groups (broad SMARTS) is 1. The number of hydrogen-bond acceptors (Lipinski definition) is 4. The fraction of sp³-hybridized carbons (Fsp3) is 0.0769. The van der Waals surface area contributed by atoms with Crippen LogP contribution in [-0.4, -0.2) is 36.9 Å². The molecule has 3 aromatic heterocycles. The number of nitrogens with one attached hydrogen (secondary N) is 1. The number of fused-ring (bicyclic) bond motifs is 1. The third kappa shape index (κ3) is 2.33. The summed E-state index contributed by atoms with van der Waals surface area (Å²) >= 11 is 0. The van der Waals surface area contributed by atoms with Crippen LogP contribution in [0.3, 0.4) is 0 Å². The Morgan fingerprint density at radius 1 is 1.35 bits per heavy atom. The summed E-state index contributed by atoms with van der Waals surface area (Å²) < 4.78 is 40.6. The van der Waals surface area contributed by atoms with E-state index in [0.717, 1.165) is 10.5 Å². The van der Waals surface area contributed by atoms with Crippen LogP contribution in [0.25, 0.3) is 16.8 Å². The van der Waals surface area contributed by atoms with Gasteiger partial charge in [-0.15, -0.1) is 0 Å². The van der Waals surface area contributed by atoms with Crippen LogP contribution in [0.4, 0.5) is 13.2 Å². The number of carbonyl (C=O) groups is 2. The van der Waals surface area contributed by atoms with Crippen molar-refractivity contribution in [1.29, 1.82) is 0 Å². The first-order valence-corrected chi connectivity index (χ1v) is 6.14. The topological polar surface area (TPSA) is 100 Å². The molecule has 118 valence electrons. The molecule has 0 bridgehead atoms. The van der Waals surface area contributed by atoms with E-state index in [2.05, 4.69) is 15.2 Å². The second-order valence-corrected chi connectivity index (χ2v) is 4.59. The van der Waals surface area contributed by atoms with E-state index in [1.165, 1.54) is 18.6 Å². The van der Waals surface area contributed by atoms with Crippen LogP contribution in [0.15, 0.2) is 24.7 Å². The molecular formula is C13H7F3N4O3. The van der Waals surface area contributed by atoms with Gasteiger partial charge in [-0.2, -0.15) is 18.3 Å². The number of carboxylic acids is 1. The molecule has 0 fully saturated rings. The smallest absolute Gasteiger partial charge is 0.420 e. The molecule has 7 nitrogen and oxygen atoms in total. The van der Waals surface area contributed by atoms with Crippen molar-refractivity contribution in [2.75, 3.05) is 0 Å². The number of aromatic nitrogens is 4. The molecule has 0 amide bonds. The number of imidazole rings is 1. The summed E-state index contributed by atoms with van der Waals surface area (Å²) in [6.07, 6.45) is -0.739. The fourth-order valence-corrected chi connectivity index (χ4v) is 2.21. The van der Waals surface area contributed by atoms with Crippen molar-refractivity contribution < 1.29 is 27.9 Å². The first-order chi connectivity index (χ1) is 10.8. The molecule has 0 aromatic carbocycles. The first kappa shape index (κ1) is 14.8. The first-order valence-electron chi connectivity index (χ1n) is 6.14. The lowest BCUT2D eigenvalue weighted by Crippen LogP contribution is -2.09. The lowest BCUT2D eigenvalue weighted by molar-refractivity contribution is -0.136. The van der Waals surface area contributed by atoms with Crippen molar-refractivity contribution in [3.8, 4) is 11.1 Å². The van der Waals surface area contributed by atoms with Gasteiger partial charge in [0.15, 0.2) is 17.6 Å². The van der Waals surface area contributed by atoms with Gasteiger partial charge in [0.25, 0.3) is 0 Å². The average Bonchev–Trinajstić information content (AvgIpc) is 3.12. The van der Waals surface area contributed by atoms with Crippen LogP contribution >= 0.6 is 0 Å². The minimum absolute atomic E-state index is 0.107. The van der Waals surface area contributed by atoms with Crippen molar-refractivity contribution in [2.24, 2.45) is 0 Å². The summed E-state index contributed by atoms with van der Waals surface area (Å²) in [5.74, 6) is -1.59. The molecule has 0 unspecified atom stereocenters. The van der Waals surface area contributed by atoms with E-state index in [1.807, 2.05) is 0 Å². The minimum atomic E-state index is -4.78. The lowest BCUT2D eigenvalue weighted by Gasteiger charge is -2.10. The van der Waals surface area contributed by atoms with Gasteiger partial charge in [-0.25, -0.2) is 9.78 Å². The van der Waals surface area contributed by atoms with Gasteiger partial charge in [0, 0.05) is 23.5 Å². The normalized spacial score (nSPS) is 11.8. The quantitative estimate of drug-likeness (QED) is 0.720. The highest BCUT2D eigenvalue weighted by atomic mass is 19.4. The number of aromatic carboxylic acids is 1. The number of pyridine rings is 1. The average molecular weight is 324 g/mol. The Morgan fingerprint density at radius 3 is 2.61 bits per heavy atom. The van der Waals surface area contributed by atoms with E-state index in [4.69, 9.17) is 5.11 Å². The van der Waals surface area contributed by atoms with Crippen LogP contribution in [0.5, 0.6) is 0 Å². The van der Waals surface area contributed by atoms with E-state index in [9.17, 15) is 22.8 Å². The molecule has 3 heterocycles. The minimum Gasteiger partial charge on any atom is -0.476 e. The van der Waals surface area contributed by atoms with Gasteiger partial charge >= 0.3 is 12.1 Å². The Hall–Kier alpha value is -3.17. The van der Waals surface area contributed by atoms with Crippen LogP contribution in [0, 0.1) is 0 Å². The maximum Gasteiger partial charge on any atom is 0.420 e. The zero-order chi connectivity index (χ0) is 16.8. The second kappa shape index (κ2) is 4.93. The number of alkyl halides is 3. The second-order valence-electron chi connectivity index (χ2n) is 4.59. The van der Waals surface area contributed by atoms with Gasteiger partial charge in [-0.05, 0) is 6.07 Å². The zero-order valence-corrected chi connectivity index (χ0v) is 11.1. The standard InChI is InChI=1S/C13H7F3N4O3/c14-13(15,16)8-1-6(7-2-17-18-3-7)4-20-9(5-21)10(12(22)23)19-11(8)20/h1-5H,(H,17,18)(H,22,23). The van der Waals surface area contributed by atoms with Gasteiger partial charge in [-0.3, -0.25) is 14.3 Å². The van der Waals surface area contributed by atoms with Crippen molar-refractivity contribution in [3.63, 3.8) is 0 Å². The van der Waals surface area contributed by atoms with Crippen molar-refractivity contribution >= 4 is 17.9 Å². The van der Waals surface area contributed by atoms with E-state index in [0.29, 0.717) is 5.56 Å². The lowest BCUT2D eigenvalue weighted by atomic mass is 10.1. The summed E-state index contributed by atoms with van der Waals surface area (Å²) in [5, 5.41) is 15.1. The molecule has 0 aliphatic carbocycles. The molecule has 3 rings (SSSR count). The van der Waals surface area contributed by atoms with Gasteiger partial charge in [0.1, 0.15) is 5.69 Å². The molecule has 23 heavy (non-hydrogen) atoms. The Kier molecular flexibility index (Phi) is 3.17. The molecule has 0 spiro atoms. The predicted molar refractivity (Wildman–Crippen MR) is 70.1 cm³/mol. The van der Waals surface area contributed by atoms with Crippen LogP contribution in [-0.2, 0) is 6.18 Å². The van der Waals surface area contributed by atoms with Crippen LogP contribution in [0.2, 0.25) is 0 Å². The molecule has 2 N–H and O–H groups in total. The number of rotatable bonds is 3. The monoisotopic (exact) mass is 324 g/mol. The Morgan fingerprint density at radius 2 is 2.09 bits per heavy atom. The molecule has 10 heteroatoms. The van der Waals surface area contributed by atoms with Gasteiger partial charge in [-0.1, -0.05) is 0 Å². The van der Waals surface area contributed by atoms with Crippen LogP contribution < -0.4 is 0 Å². The summed E-state index contributed by atoms with van der Waals surface area (Å²) in [5.41, 5.74) is -2.55. The number of carbonyl (C=O) groups excluding carboxylic acids is 1. The Labute approximate surface area is 125 Å². The third-order valence-corrected chi connectivity index (χ3v) is 3.21. The highest BCUT2D eigenvalue weighted by Gasteiger charge is 2.36. The molecule has 3 aromatic rings. The van der Waals surface area contributed by atoms with E-state index >= 15 is 0 Å². The summed E-state index contributed by atoms with van der Waals surface area (Å²) in [6, 6.07) is 0.827. The van der Waals surface area contributed by atoms with Crippen molar-refractivity contribution in [1.82, 2.24) is 19.6 Å². The molecule has 0 aliphatic heterocycles. The largest absolute Gasteiger partial charge is 0.476 e. The Bertz CT molecular complexity index is 913. The zero-order valence-electron chi connectivity index (χ0n) is 11.1. The maximum absolute atomic E-state index is 13.3. The number of hydrogen-bond donors (Lipinski definition) is 2. The van der Waals surface area contributed by atoms with Crippen LogP contribution in [0.1, 0.15) is 26.5 Å². The summed E-state index contributed by atoms with van der Waals surface area (Å²) in [7, 11) is 0. The molecule has 0 saturated carbocycles. The number of nitrogens with zero attached hydrogens (tertiary/aromatic N) is 3. The van der Waals surface area contributed by atoms with E-state index in [-0.39, 0.29) is 11.8 Å². The molecule has 0 saturated heterocycles. The SMILES string of the molecule is O=Cc1c(C(=O)O)nc2c(C(F)(F)F)cc(-c3cn[nH]c3)cn12. The number of aromatic amines is 1. The fourth-order valence-electron chi connectivity index (χ4n) is 2.21. The summed E-state index contributed by atoms with van der Waals surface area (Å²) in [6.45, 7) is 0. The van der Waals surface area contributed by atoms with Crippen molar-refractivity contribution in [3.05, 3.63) is 41.6 Å². The van der Waals surface area contributed by atoms with Crippen molar-refractivity contribution in [2.45, 2.75) is 6.18 Å². The van der Waals surface area contributed by atoms with Gasteiger partial charge in [0.2, 0.25) is 0 Å². The number of H-pyrrole nitrogens is 1. The van der Waals surface area contributed by atoms with Gasteiger partial charge in [0.05, 0.1) is 11.8 Å². The molecule has 0 atom stereocenters.